The number of hydrogen-bond donors (Lipinski definition) is 4. The number of nitrogens with two attached hydrogens (primary N) is 1. The number of ether oxygens (including phenoxy) is 1. The number of alkyl halides is 2. The largest absolute Gasteiger partial charge is 0.415 e. The minimum atomic E-state index is -3.08. The number of nitrogens with one attached hydrogen (secondary N) is 2. The van der Waals surface area contributed by atoms with Crippen LogP contribution < -0.4 is 20.5 Å². The zero-order chi connectivity index (χ0) is 24.9. The number of aromatic nitrogens is 3. The molecule has 4 rings (SSSR count). The van der Waals surface area contributed by atoms with Gasteiger partial charge < -0.3 is 20.3 Å². The quantitative estimate of drug-likeness (QED) is 0.491. The molecule has 34 heavy (non-hydrogen) atoms. The Hall–Kier alpha value is -2.97. The maximum atomic E-state index is 15.0. The Balaban J connectivity index is 1.65. The van der Waals surface area contributed by atoms with E-state index in [4.69, 9.17) is 5.73 Å². The van der Waals surface area contributed by atoms with Gasteiger partial charge in [-0.3, -0.25) is 14.5 Å². The van der Waals surface area contributed by atoms with Crippen LogP contribution in [0.4, 0.5) is 19.0 Å². The van der Waals surface area contributed by atoms with Crippen molar-refractivity contribution < 1.29 is 27.3 Å². The van der Waals surface area contributed by atoms with Crippen LogP contribution in [-0.4, -0.2) is 54.4 Å². The molecule has 0 radical (unpaired) electrons. The van der Waals surface area contributed by atoms with E-state index in [-0.39, 0.29) is 23.0 Å². The molecule has 10 nitrogen and oxygen atoms in total. The number of carbonyl (C=O) groups is 1. The third-order valence-electron chi connectivity index (χ3n) is 6.15. The van der Waals surface area contributed by atoms with E-state index in [1.54, 1.807) is 20.8 Å². The standard InChI is InChI=1S/C20H24F3N7O3S/c1-19(2)17(24)30-20(3,12-6-7-27-34(12,19)32)15-10(21)4-5-13(28-15)29-16(31)11-8-26-14(9-25-11)33-18(22)23/h4-5,8-9,12,18,27,32H,6-7H2,1-3H3,(H2,24,30)(H,28,29,31)/t12-,20+/m1/s1. The number of amides is 1. The zero-order valence-electron chi connectivity index (χ0n) is 18.6. The topological polar surface area (TPSA) is 148 Å². The van der Waals surface area contributed by atoms with Crippen molar-refractivity contribution in [1.29, 1.82) is 0 Å². The number of halogens is 3. The lowest BCUT2D eigenvalue weighted by Crippen LogP contribution is -2.57. The van der Waals surface area contributed by atoms with E-state index in [9.17, 15) is 18.1 Å². The maximum absolute atomic E-state index is 15.0. The highest BCUT2D eigenvalue weighted by Crippen LogP contribution is 2.67. The SMILES string of the molecule is CC1(C)C(N)=N[C@](C)(c2nc(NC(=O)c3cnc(OC(F)F)cn3)ccc2F)[C@H]2CCNS21O. The Kier molecular flexibility index (Phi) is 5.94. The smallest absolute Gasteiger partial charge is 0.388 e. The Morgan fingerprint density at radius 2 is 2.06 bits per heavy atom. The fourth-order valence-corrected chi connectivity index (χ4v) is 7.57. The monoisotopic (exact) mass is 499 g/mol. The summed E-state index contributed by atoms with van der Waals surface area (Å²) >= 11 is 0. The van der Waals surface area contributed by atoms with Gasteiger partial charge in [0.1, 0.15) is 34.4 Å². The molecule has 184 valence electrons. The van der Waals surface area contributed by atoms with Crippen LogP contribution in [0.2, 0.25) is 0 Å². The van der Waals surface area contributed by atoms with Crippen molar-refractivity contribution in [3.63, 3.8) is 0 Å². The molecule has 0 spiro atoms. The van der Waals surface area contributed by atoms with E-state index in [1.165, 1.54) is 6.07 Å². The van der Waals surface area contributed by atoms with E-state index >= 15 is 4.39 Å². The van der Waals surface area contributed by atoms with Crippen LogP contribution in [0.5, 0.6) is 5.88 Å². The Morgan fingerprint density at radius 1 is 1.32 bits per heavy atom. The number of rotatable bonds is 5. The third-order valence-corrected chi connectivity index (χ3v) is 10.1. The Labute approximate surface area is 194 Å². The minimum absolute atomic E-state index is 0.000401. The third kappa shape index (κ3) is 3.84. The predicted octanol–water partition coefficient (Wildman–Crippen LogP) is 2.78. The molecule has 2 aromatic heterocycles. The van der Waals surface area contributed by atoms with Crippen molar-refractivity contribution in [2.75, 3.05) is 11.9 Å². The first-order valence-electron chi connectivity index (χ1n) is 10.3. The van der Waals surface area contributed by atoms with Crippen LogP contribution in [0.15, 0.2) is 29.5 Å². The summed E-state index contributed by atoms with van der Waals surface area (Å²) in [6.45, 7) is 2.69. The first kappa shape index (κ1) is 24.2. The zero-order valence-corrected chi connectivity index (χ0v) is 19.4. The molecule has 0 saturated carbocycles. The van der Waals surface area contributed by atoms with Crippen LogP contribution >= 0.6 is 10.5 Å². The van der Waals surface area contributed by atoms with Crippen LogP contribution in [0.3, 0.4) is 0 Å². The summed E-state index contributed by atoms with van der Waals surface area (Å²) in [5.74, 6) is -1.68. The van der Waals surface area contributed by atoms with Crippen LogP contribution in [0, 0.1) is 5.82 Å². The normalized spacial score (nSPS) is 29.6. The number of carbonyl (C=O) groups excluding carboxylic acids is 1. The number of amidine groups is 1. The van der Waals surface area contributed by atoms with E-state index in [0.717, 1.165) is 18.5 Å². The van der Waals surface area contributed by atoms with Gasteiger partial charge in [-0.2, -0.15) is 8.78 Å². The van der Waals surface area contributed by atoms with E-state index in [1.807, 2.05) is 0 Å². The molecular formula is C20H24F3N7O3S. The molecule has 0 aliphatic carbocycles. The lowest BCUT2D eigenvalue weighted by Gasteiger charge is -2.55. The van der Waals surface area contributed by atoms with E-state index in [0.29, 0.717) is 13.0 Å². The molecule has 1 fully saturated rings. The van der Waals surface area contributed by atoms with Gasteiger partial charge >= 0.3 is 6.61 Å². The molecule has 4 heterocycles. The maximum Gasteiger partial charge on any atom is 0.388 e. The molecule has 2 aromatic rings. The van der Waals surface area contributed by atoms with Crippen LogP contribution in [-0.2, 0) is 5.54 Å². The van der Waals surface area contributed by atoms with Gasteiger partial charge in [-0.25, -0.2) is 19.3 Å². The summed E-state index contributed by atoms with van der Waals surface area (Å²) in [6.07, 6.45) is 2.37. The molecule has 2 aliphatic rings. The number of fused-ring (bicyclic) bond motifs is 1. The van der Waals surface area contributed by atoms with Gasteiger partial charge in [0, 0.05) is 6.54 Å². The van der Waals surface area contributed by atoms with Gasteiger partial charge in [0.2, 0.25) is 5.88 Å². The highest BCUT2D eigenvalue weighted by atomic mass is 32.3. The molecule has 1 saturated heterocycles. The fourth-order valence-electron chi connectivity index (χ4n) is 4.22. The molecule has 1 amide bonds. The molecule has 1 unspecified atom stereocenters. The minimum Gasteiger partial charge on any atom is -0.415 e. The highest BCUT2D eigenvalue weighted by Gasteiger charge is 2.61. The summed E-state index contributed by atoms with van der Waals surface area (Å²) in [7, 11) is -2.52. The number of pyridine rings is 1. The second kappa shape index (κ2) is 8.36. The van der Waals surface area contributed by atoms with Crippen LogP contribution in [0.1, 0.15) is 43.4 Å². The van der Waals surface area contributed by atoms with Crippen molar-refractivity contribution in [3.8, 4) is 5.88 Å². The Bertz CT molecular complexity index is 1150. The molecule has 0 bridgehead atoms. The van der Waals surface area contributed by atoms with Gasteiger partial charge in [-0.15, -0.1) is 0 Å². The second-order valence-electron chi connectivity index (χ2n) is 8.55. The lowest BCUT2D eigenvalue weighted by molar-refractivity contribution is -0.0531. The van der Waals surface area contributed by atoms with Crippen molar-refractivity contribution in [1.82, 2.24) is 19.7 Å². The fraction of sp³-hybridized carbons (Fsp3) is 0.450. The van der Waals surface area contributed by atoms with Crippen molar-refractivity contribution in [2.24, 2.45) is 10.7 Å². The average molecular weight is 500 g/mol. The molecule has 3 atom stereocenters. The molecule has 5 N–H and O–H groups in total. The van der Waals surface area contributed by atoms with Gasteiger partial charge in [-0.1, -0.05) is 10.5 Å². The summed E-state index contributed by atoms with van der Waals surface area (Å²) in [4.78, 5) is 28.8. The van der Waals surface area contributed by atoms with Crippen molar-refractivity contribution in [2.45, 2.75) is 49.3 Å². The van der Waals surface area contributed by atoms with E-state index < -0.39 is 50.2 Å². The number of nitrogens with zero attached hydrogens (tertiary/aromatic N) is 4. The second-order valence-corrected chi connectivity index (χ2v) is 11.7. The molecule has 14 heteroatoms. The predicted molar refractivity (Wildman–Crippen MR) is 120 cm³/mol. The van der Waals surface area contributed by atoms with E-state index in [2.05, 4.69) is 34.7 Å². The summed E-state index contributed by atoms with van der Waals surface area (Å²) in [5, 5.41) is 2.01. The average Bonchev–Trinajstić information content (AvgIpc) is 3.18. The molecule has 2 aliphatic heterocycles. The van der Waals surface area contributed by atoms with Gasteiger partial charge in [0.15, 0.2) is 0 Å². The first-order chi connectivity index (χ1) is 15.9. The highest BCUT2D eigenvalue weighted by molar-refractivity contribution is 8.29. The van der Waals surface area contributed by atoms with Crippen LogP contribution in [0.25, 0.3) is 0 Å². The first-order valence-corrected chi connectivity index (χ1v) is 11.9. The lowest BCUT2D eigenvalue weighted by atomic mass is 9.90. The number of hydrogen-bond acceptors (Lipinski definition) is 9. The molecular weight excluding hydrogens is 475 g/mol. The van der Waals surface area contributed by atoms with Gasteiger partial charge in [-0.05, 0) is 39.3 Å². The summed E-state index contributed by atoms with van der Waals surface area (Å²) < 4.78 is 57.5. The number of anilines is 1. The number of aliphatic imine (C=N–C) groups is 1. The summed E-state index contributed by atoms with van der Waals surface area (Å²) in [6, 6.07) is 2.39. The summed E-state index contributed by atoms with van der Waals surface area (Å²) in [5.41, 5.74) is 4.68. The van der Waals surface area contributed by atoms with Gasteiger partial charge in [0.25, 0.3) is 5.91 Å². The Morgan fingerprint density at radius 3 is 2.71 bits per heavy atom. The van der Waals surface area contributed by atoms with Gasteiger partial charge in [0.05, 0.1) is 22.4 Å². The molecule has 0 aromatic carbocycles. The van der Waals surface area contributed by atoms with Crippen molar-refractivity contribution >= 4 is 28.1 Å². The van der Waals surface area contributed by atoms with Crippen molar-refractivity contribution in [3.05, 3.63) is 41.7 Å².